The van der Waals surface area contributed by atoms with Crippen molar-refractivity contribution in [3.05, 3.63) is 89.0 Å². The van der Waals surface area contributed by atoms with Gasteiger partial charge in [0.05, 0.1) is 16.8 Å². The second-order valence-corrected chi connectivity index (χ2v) is 14.7. The van der Waals surface area contributed by atoms with E-state index in [1.807, 2.05) is 69.2 Å². The molecule has 38 heavy (non-hydrogen) atoms. The molecule has 0 aromatic heterocycles. The van der Waals surface area contributed by atoms with E-state index >= 15 is 0 Å². The van der Waals surface area contributed by atoms with Crippen LogP contribution in [0.1, 0.15) is 62.8 Å². The van der Waals surface area contributed by atoms with E-state index in [1.54, 1.807) is 6.07 Å². The van der Waals surface area contributed by atoms with Crippen molar-refractivity contribution < 1.29 is 18.3 Å². The van der Waals surface area contributed by atoms with Crippen LogP contribution in [0.15, 0.2) is 71.6 Å². The van der Waals surface area contributed by atoms with E-state index in [1.165, 1.54) is 5.56 Å². The number of ether oxygens (including phenoxy) is 1. The van der Waals surface area contributed by atoms with E-state index in [9.17, 15) is 13.5 Å². The lowest BCUT2D eigenvalue weighted by molar-refractivity contribution is 0.0521. The van der Waals surface area contributed by atoms with E-state index in [0.717, 1.165) is 29.0 Å². The lowest BCUT2D eigenvalue weighted by atomic mass is 9.75. The molecule has 5 nitrogen and oxygen atoms in total. The van der Waals surface area contributed by atoms with Crippen molar-refractivity contribution in [2.75, 3.05) is 24.7 Å². The summed E-state index contributed by atoms with van der Waals surface area (Å²) >= 11 is 0. The smallest absolute Gasteiger partial charge is 0.179 e. The second kappa shape index (κ2) is 10.4. The van der Waals surface area contributed by atoms with Gasteiger partial charge < -0.3 is 14.7 Å². The predicted molar refractivity (Wildman–Crippen MR) is 155 cm³/mol. The molecule has 0 radical (unpaired) electrons. The molecule has 3 aromatic carbocycles. The molecule has 0 bridgehead atoms. The first-order valence-electron chi connectivity index (χ1n) is 13.2. The van der Waals surface area contributed by atoms with E-state index in [4.69, 9.17) is 4.74 Å². The average Bonchev–Trinajstić information content (AvgIpc) is 2.88. The molecule has 0 aliphatic carbocycles. The number of nitrogens with zero attached hydrogens (tertiary/aromatic N) is 1. The molecular weight excluding hydrogens is 494 g/mol. The molecule has 0 unspecified atom stereocenters. The fraction of sp³-hybridized carbons (Fsp3) is 0.438. The lowest BCUT2D eigenvalue weighted by Crippen LogP contribution is -2.38. The summed E-state index contributed by atoms with van der Waals surface area (Å²) in [5.74, 6) is 0.133. The number of fused-ring (bicyclic) bond motifs is 1. The molecule has 1 aliphatic heterocycles. The third-order valence-corrected chi connectivity index (χ3v) is 9.43. The second-order valence-electron chi connectivity index (χ2n) is 12.7. The van der Waals surface area contributed by atoms with Gasteiger partial charge in [-0.3, -0.25) is 0 Å². The van der Waals surface area contributed by atoms with Crippen LogP contribution in [0.4, 0.5) is 5.69 Å². The van der Waals surface area contributed by atoms with Crippen molar-refractivity contribution in [2.45, 2.75) is 64.6 Å². The van der Waals surface area contributed by atoms with Crippen molar-refractivity contribution >= 4 is 15.5 Å². The predicted octanol–water partition coefficient (Wildman–Crippen LogP) is 6.23. The topological polar surface area (TPSA) is 66.8 Å². The largest absolute Gasteiger partial charge is 0.489 e. The third-order valence-electron chi connectivity index (χ3n) is 7.26. The highest BCUT2D eigenvalue weighted by Gasteiger charge is 2.45. The maximum absolute atomic E-state index is 13.3. The molecule has 6 heteroatoms. The summed E-state index contributed by atoms with van der Waals surface area (Å²) < 4.78 is 32.7. The van der Waals surface area contributed by atoms with Gasteiger partial charge in [0.2, 0.25) is 0 Å². The molecule has 1 heterocycles. The number of anilines is 1. The Balaban J connectivity index is 1.60. The van der Waals surface area contributed by atoms with Crippen molar-refractivity contribution in [1.29, 1.82) is 0 Å². The van der Waals surface area contributed by atoms with Gasteiger partial charge in [0.1, 0.15) is 12.4 Å². The van der Waals surface area contributed by atoms with Gasteiger partial charge in [0, 0.05) is 31.1 Å². The Morgan fingerprint density at radius 3 is 2.13 bits per heavy atom. The monoisotopic (exact) mass is 535 g/mol. The van der Waals surface area contributed by atoms with Gasteiger partial charge in [0.25, 0.3) is 0 Å². The summed E-state index contributed by atoms with van der Waals surface area (Å²) in [6, 6.07) is 21.6. The first kappa shape index (κ1) is 28.2. The Kier molecular flexibility index (Phi) is 7.70. The molecule has 0 saturated carbocycles. The minimum absolute atomic E-state index is 0.109. The number of rotatable bonds is 6. The number of aliphatic hydroxyl groups is 1. The number of hydrogen-bond donors (Lipinski definition) is 1. The average molecular weight is 536 g/mol. The maximum atomic E-state index is 13.3. The van der Waals surface area contributed by atoms with Crippen LogP contribution in [0, 0.1) is 10.8 Å². The third kappa shape index (κ3) is 6.24. The summed E-state index contributed by atoms with van der Waals surface area (Å²) in [6.07, 6.45) is 0.147. The van der Waals surface area contributed by atoms with Crippen molar-refractivity contribution in [2.24, 2.45) is 10.8 Å². The molecule has 204 valence electrons. The zero-order valence-electron chi connectivity index (χ0n) is 23.7. The van der Waals surface area contributed by atoms with Crippen LogP contribution in [-0.4, -0.2) is 39.5 Å². The maximum Gasteiger partial charge on any atom is 0.179 e. The first-order chi connectivity index (χ1) is 17.7. The Bertz CT molecular complexity index is 1370. The fourth-order valence-electron chi connectivity index (χ4n) is 5.28. The molecule has 2 atom stereocenters. The molecule has 3 aromatic rings. The number of sulfone groups is 1. The molecule has 0 amide bonds. The zero-order chi connectivity index (χ0) is 27.9. The Morgan fingerprint density at radius 1 is 0.947 bits per heavy atom. The van der Waals surface area contributed by atoms with Crippen molar-refractivity contribution in [1.82, 2.24) is 0 Å². The van der Waals surface area contributed by atoms with Gasteiger partial charge in [0.15, 0.2) is 9.84 Å². The zero-order valence-corrected chi connectivity index (χ0v) is 24.5. The van der Waals surface area contributed by atoms with Crippen LogP contribution in [0.25, 0.3) is 0 Å². The highest BCUT2D eigenvalue weighted by atomic mass is 32.2. The van der Waals surface area contributed by atoms with E-state index < -0.39 is 27.3 Å². The summed E-state index contributed by atoms with van der Waals surface area (Å²) in [5, 5.41) is 11.5. The molecule has 0 spiro atoms. The van der Waals surface area contributed by atoms with Crippen LogP contribution >= 0.6 is 0 Å². The van der Waals surface area contributed by atoms with Gasteiger partial charge in [-0.15, -0.1) is 0 Å². The molecule has 0 fully saturated rings. The van der Waals surface area contributed by atoms with Crippen LogP contribution in [0.5, 0.6) is 5.75 Å². The van der Waals surface area contributed by atoms with Crippen LogP contribution in [0.3, 0.4) is 0 Å². The summed E-state index contributed by atoms with van der Waals surface area (Å²) in [5.41, 5.74) is 4.23. The van der Waals surface area contributed by atoms with Crippen LogP contribution in [-0.2, 0) is 22.9 Å². The minimum atomic E-state index is -3.57. The highest BCUT2D eigenvalue weighted by Crippen LogP contribution is 2.45. The van der Waals surface area contributed by atoms with Crippen molar-refractivity contribution in [3.63, 3.8) is 0 Å². The molecule has 4 rings (SSSR count). The van der Waals surface area contributed by atoms with Gasteiger partial charge in [-0.1, -0.05) is 71.0 Å². The van der Waals surface area contributed by atoms with Crippen LogP contribution < -0.4 is 9.64 Å². The van der Waals surface area contributed by atoms with E-state index in [-0.39, 0.29) is 11.2 Å². The van der Waals surface area contributed by atoms with Gasteiger partial charge in [-0.05, 0) is 64.4 Å². The van der Waals surface area contributed by atoms with Crippen LogP contribution in [0.2, 0.25) is 0 Å². The standard InChI is InChI=1S/C32H41NO4S/c1-31(2,3)19-22-8-10-23(11-9-22)20-37-26-15-12-24(13-16-26)29-27-18-25(33(6)7)14-17-28(27)38(35,36)21-32(4,5)30(29)34/h8-18,29-30,34H,19-21H2,1-7H3/t29-,30-/m0/s1. The highest BCUT2D eigenvalue weighted by molar-refractivity contribution is 7.91. The Morgan fingerprint density at radius 2 is 1.55 bits per heavy atom. The van der Waals surface area contributed by atoms with Crippen molar-refractivity contribution in [3.8, 4) is 5.75 Å². The van der Waals surface area contributed by atoms with Gasteiger partial charge in [-0.2, -0.15) is 0 Å². The summed E-state index contributed by atoms with van der Waals surface area (Å²) in [4.78, 5) is 2.24. The number of aliphatic hydroxyl groups excluding tert-OH is 1. The minimum Gasteiger partial charge on any atom is -0.489 e. The summed E-state index contributed by atoms with van der Waals surface area (Å²) in [7, 11) is 0.280. The van der Waals surface area contributed by atoms with E-state index in [2.05, 4.69) is 45.0 Å². The van der Waals surface area contributed by atoms with E-state index in [0.29, 0.717) is 17.1 Å². The quantitative estimate of drug-likeness (QED) is 0.406. The molecule has 0 saturated heterocycles. The normalized spacial score (nSPS) is 20.3. The molecular formula is C32H41NO4S. The number of benzene rings is 3. The SMILES string of the molecule is CN(C)c1ccc2c(c1)[C@H](c1ccc(OCc3ccc(CC(C)(C)C)cc3)cc1)[C@H](O)C(C)(C)CS2(=O)=O. The summed E-state index contributed by atoms with van der Waals surface area (Å²) in [6.45, 7) is 10.8. The molecule has 1 N–H and O–H groups in total. The number of hydrogen-bond acceptors (Lipinski definition) is 5. The Hall–Kier alpha value is -2.83. The lowest BCUT2D eigenvalue weighted by Gasteiger charge is -2.33. The Labute approximate surface area is 228 Å². The van der Waals surface area contributed by atoms with Gasteiger partial charge >= 0.3 is 0 Å². The van der Waals surface area contributed by atoms with Gasteiger partial charge in [-0.25, -0.2) is 8.42 Å². The molecule has 1 aliphatic rings. The first-order valence-corrected chi connectivity index (χ1v) is 14.8. The fourth-order valence-corrected chi connectivity index (χ4v) is 7.41.